The van der Waals surface area contributed by atoms with Gasteiger partial charge in [-0.25, -0.2) is 0 Å². The van der Waals surface area contributed by atoms with Crippen LogP contribution in [0.3, 0.4) is 0 Å². The lowest BCUT2D eigenvalue weighted by Crippen LogP contribution is -2.29. The van der Waals surface area contributed by atoms with Crippen LogP contribution in [-0.2, 0) is 9.59 Å². The summed E-state index contributed by atoms with van der Waals surface area (Å²) in [4.78, 5) is 28.3. The third-order valence-corrected chi connectivity index (χ3v) is 6.66. The van der Waals surface area contributed by atoms with Crippen molar-refractivity contribution in [2.45, 2.75) is 13.0 Å². The smallest absolute Gasteiger partial charge is 0.300 e. The highest BCUT2D eigenvalue weighted by atomic mass is 16.7. The van der Waals surface area contributed by atoms with Crippen LogP contribution in [0.1, 0.15) is 22.7 Å². The molecule has 7 heteroatoms. The summed E-state index contributed by atoms with van der Waals surface area (Å²) in [5.74, 6) is -0.697. The molecular weight excluding hydrogens is 480 g/mol. The zero-order valence-corrected chi connectivity index (χ0v) is 20.5. The topological polar surface area (TPSA) is 88.1 Å². The summed E-state index contributed by atoms with van der Waals surface area (Å²) in [6, 6.07) is 28.7. The molecule has 2 N–H and O–H groups in total. The predicted molar refractivity (Wildman–Crippen MR) is 145 cm³/mol. The molecular formula is C31H24N2O5. The molecule has 7 nitrogen and oxygen atoms in total. The molecule has 6 rings (SSSR count). The molecule has 1 fully saturated rings. The summed E-state index contributed by atoms with van der Waals surface area (Å²) in [6.07, 6.45) is 0. The fourth-order valence-corrected chi connectivity index (χ4v) is 4.85. The minimum absolute atomic E-state index is 0.0194. The molecule has 0 aromatic heterocycles. The van der Waals surface area contributed by atoms with Crippen molar-refractivity contribution in [3.63, 3.8) is 0 Å². The Morgan fingerprint density at radius 2 is 1.58 bits per heavy atom. The first-order valence-electron chi connectivity index (χ1n) is 12.2. The van der Waals surface area contributed by atoms with Gasteiger partial charge in [0.05, 0.1) is 11.6 Å². The van der Waals surface area contributed by atoms with E-state index in [2.05, 4.69) is 5.32 Å². The first-order chi connectivity index (χ1) is 18.5. The zero-order valence-electron chi connectivity index (χ0n) is 20.5. The van der Waals surface area contributed by atoms with E-state index in [1.54, 1.807) is 30.3 Å². The van der Waals surface area contributed by atoms with Crippen molar-refractivity contribution in [2.24, 2.45) is 0 Å². The number of nitrogens with one attached hydrogen (secondary N) is 1. The minimum atomic E-state index is -0.812. The van der Waals surface area contributed by atoms with Crippen LogP contribution in [-0.4, -0.2) is 23.6 Å². The van der Waals surface area contributed by atoms with Gasteiger partial charge in [-0.1, -0.05) is 48.0 Å². The molecule has 1 atom stereocenters. The Morgan fingerprint density at radius 3 is 2.34 bits per heavy atom. The second kappa shape index (κ2) is 9.44. The number of aliphatic hydroxyl groups excluding tert-OH is 1. The Hall–Kier alpha value is -5.04. The predicted octanol–water partition coefficient (Wildman–Crippen LogP) is 6.09. The standard InChI is InChI=1S/C31H24N2O5/c1-19-6-5-7-20(16-19)28-27(29(34)21-10-15-25-26(17-21)38-18-37-25)30(35)31(36)33(28)24-13-11-23(12-14-24)32-22-8-3-2-4-9-22/h2-17,28,32,34H,18H2,1H3/b29-27-. The van der Waals surface area contributed by atoms with Crippen molar-refractivity contribution in [3.8, 4) is 11.5 Å². The molecule has 4 aromatic rings. The minimum Gasteiger partial charge on any atom is -0.507 e. The molecule has 2 aliphatic heterocycles. The Bertz CT molecular complexity index is 1580. The van der Waals surface area contributed by atoms with Crippen LogP contribution in [0.4, 0.5) is 17.1 Å². The van der Waals surface area contributed by atoms with Gasteiger partial charge in [0.1, 0.15) is 5.76 Å². The number of para-hydroxylation sites is 1. The van der Waals surface area contributed by atoms with Gasteiger partial charge in [-0.3, -0.25) is 14.5 Å². The molecule has 0 bridgehead atoms. The monoisotopic (exact) mass is 504 g/mol. The number of hydrogen-bond donors (Lipinski definition) is 2. The number of carbonyl (C=O) groups is 2. The normalized spacial score (nSPS) is 17.6. The molecule has 1 unspecified atom stereocenters. The van der Waals surface area contributed by atoms with Crippen molar-refractivity contribution in [3.05, 3.63) is 119 Å². The fourth-order valence-electron chi connectivity index (χ4n) is 4.85. The lowest BCUT2D eigenvalue weighted by atomic mass is 9.94. The van der Waals surface area contributed by atoms with Gasteiger partial charge in [0.25, 0.3) is 11.7 Å². The molecule has 0 spiro atoms. The Balaban J connectivity index is 1.43. The highest BCUT2D eigenvalue weighted by Crippen LogP contribution is 2.43. The fraction of sp³-hybridized carbons (Fsp3) is 0.0968. The third kappa shape index (κ3) is 4.14. The third-order valence-electron chi connectivity index (χ3n) is 6.66. The average molecular weight is 505 g/mol. The van der Waals surface area contributed by atoms with Crippen molar-refractivity contribution < 1.29 is 24.2 Å². The molecule has 2 aliphatic rings. The van der Waals surface area contributed by atoms with Gasteiger partial charge in [-0.15, -0.1) is 0 Å². The van der Waals surface area contributed by atoms with E-state index >= 15 is 0 Å². The summed E-state index contributed by atoms with van der Waals surface area (Å²) in [5.41, 5.74) is 4.39. The second-order valence-electron chi connectivity index (χ2n) is 9.19. The number of ketones is 1. The van der Waals surface area contributed by atoms with Crippen molar-refractivity contribution in [1.29, 1.82) is 0 Å². The maximum atomic E-state index is 13.5. The van der Waals surface area contributed by atoms with E-state index in [0.29, 0.717) is 22.7 Å². The number of aliphatic hydroxyl groups is 1. The molecule has 0 saturated carbocycles. The van der Waals surface area contributed by atoms with E-state index < -0.39 is 17.7 Å². The number of carbonyl (C=O) groups excluding carboxylic acids is 2. The number of fused-ring (bicyclic) bond motifs is 1. The van der Waals surface area contributed by atoms with Gasteiger partial charge in [0, 0.05) is 22.6 Å². The molecule has 0 radical (unpaired) electrons. The number of Topliss-reactive ketones (excluding diaryl/α,β-unsaturated/α-hetero) is 1. The number of anilines is 3. The summed E-state index contributed by atoms with van der Waals surface area (Å²) >= 11 is 0. The second-order valence-corrected chi connectivity index (χ2v) is 9.19. The van der Waals surface area contributed by atoms with E-state index in [1.807, 2.05) is 73.7 Å². The first-order valence-corrected chi connectivity index (χ1v) is 12.2. The molecule has 1 amide bonds. The van der Waals surface area contributed by atoms with Crippen LogP contribution < -0.4 is 19.7 Å². The van der Waals surface area contributed by atoms with Crippen LogP contribution in [0, 0.1) is 6.92 Å². The van der Waals surface area contributed by atoms with Gasteiger partial charge < -0.3 is 19.9 Å². The van der Waals surface area contributed by atoms with E-state index in [0.717, 1.165) is 22.5 Å². The van der Waals surface area contributed by atoms with Gasteiger partial charge in [0.2, 0.25) is 6.79 Å². The van der Waals surface area contributed by atoms with Gasteiger partial charge in [-0.05, 0) is 67.1 Å². The van der Waals surface area contributed by atoms with Crippen LogP contribution in [0.15, 0.2) is 103 Å². The zero-order chi connectivity index (χ0) is 26.2. The number of ether oxygens (including phenoxy) is 2. The van der Waals surface area contributed by atoms with Crippen molar-refractivity contribution in [1.82, 2.24) is 0 Å². The van der Waals surface area contributed by atoms with E-state index in [1.165, 1.54) is 4.90 Å². The maximum absolute atomic E-state index is 13.5. The first kappa shape index (κ1) is 23.4. The highest BCUT2D eigenvalue weighted by Gasteiger charge is 2.47. The number of hydrogen-bond acceptors (Lipinski definition) is 6. The van der Waals surface area contributed by atoms with Crippen LogP contribution in [0.5, 0.6) is 11.5 Å². The number of aryl methyl sites for hydroxylation is 1. The molecule has 38 heavy (non-hydrogen) atoms. The Morgan fingerprint density at radius 1 is 0.842 bits per heavy atom. The molecule has 1 saturated heterocycles. The summed E-state index contributed by atoms with van der Waals surface area (Å²) in [7, 11) is 0. The Labute approximate surface area is 219 Å². The van der Waals surface area contributed by atoms with Gasteiger partial charge in [-0.2, -0.15) is 0 Å². The van der Waals surface area contributed by atoms with Crippen molar-refractivity contribution in [2.75, 3.05) is 17.0 Å². The molecule has 188 valence electrons. The van der Waals surface area contributed by atoms with E-state index in [4.69, 9.17) is 9.47 Å². The number of rotatable bonds is 5. The largest absolute Gasteiger partial charge is 0.507 e. The highest BCUT2D eigenvalue weighted by molar-refractivity contribution is 6.51. The lowest BCUT2D eigenvalue weighted by Gasteiger charge is -2.26. The number of amides is 1. The van der Waals surface area contributed by atoms with Crippen LogP contribution >= 0.6 is 0 Å². The van der Waals surface area contributed by atoms with E-state index in [-0.39, 0.29) is 18.1 Å². The van der Waals surface area contributed by atoms with Gasteiger partial charge >= 0.3 is 0 Å². The van der Waals surface area contributed by atoms with E-state index in [9.17, 15) is 14.7 Å². The number of benzene rings is 4. The van der Waals surface area contributed by atoms with Crippen LogP contribution in [0.2, 0.25) is 0 Å². The maximum Gasteiger partial charge on any atom is 0.300 e. The quantitative estimate of drug-likeness (QED) is 0.194. The number of nitrogens with zero attached hydrogens (tertiary/aromatic N) is 1. The van der Waals surface area contributed by atoms with Crippen molar-refractivity contribution >= 4 is 34.5 Å². The molecule has 4 aromatic carbocycles. The SMILES string of the molecule is Cc1cccc(C2/C(=C(/O)c3ccc4c(c3)OCO4)C(=O)C(=O)N2c2ccc(Nc3ccccc3)cc2)c1. The molecule has 2 heterocycles. The average Bonchev–Trinajstić information content (AvgIpc) is 3.51. The van der Waals surface area contributed by atoms with Gasteiger partial charge in [0.15, 0.2) is 11.5 Å². The summed E-state index contributed by atoms with van der Waals surface area (Å²) in [6.45, 7) is 2.03. The summed E-state index contributed by atoms with van der Waals surface area (Å²) < 4.78 is 10.8. The molecule has 0 aliphatic carbocycles. The summed E-state index contributed by atoms with van der Waals surface area (Å²) in [5, 5.41) is 14.7. The lowest BCUT2D eigenvalue weighted by molar-refractivity contribution is -0.132. The Kier molecular flexibility index (Phi) is 5.81. The van der Waals surface area contributed by atoms with Crippen LogP contribution in [0.25, 0.3) is 5.76 Å².